The Morgan fingerprint density at radius 1 is 1.19 bits per heavy atom. The Balaban J connectivity index is 1.72. The van der Waals surface area contributed by atoms with E-state index in [0.29, 0.717) is 18.4 Å². The van der Waals surface area contributed by atoms with Crippen molar-refractivity contribution >= 4 is 0 Å². The first-order chi connectivity index (χ1) is 10.1. The van der Waals surface area contributed by atoms with Crippen molar-refractivity contribution in [1.82, 2.24) is 0 Å². The molecule has 0 radical (unpaired) electrons. The largest absolute Gasteiger partial charge is 0.390 e. The van der Waals surface area contributed by atoms with E-state index in [-0.39, 0.29) is 17.3 Å². The summed E-state index contributed by atoms with van der Waals surface area (Å²) in [6.45, 7) is 5.89. The number of aliphatic hydroxyl groups excluding tert-OH is 1. The first kappa shape index (κ1) is 15.8. The molecule has 0 bridgehead atoms. The van der Waals surface area contributed by atoms with Crippen molar-refractivity contribution < 1.29 is 14.6 Å². The molecule has 0 aromatic carbocycles. The standard InChI is InChI=1S/C18H32O3/c1-3-20-18(10-4-6-14(2)12-18)16(19)15-7-11-21-17(13-15)8-5-9-17/h14-16,19H,3-13H2,1-2H3. The minimum absolute atomic E-state index is 0.109. The normalized spacial score (nSPS) is 40.7. The smallest absolute Gasteiger partial charge is 0.0945 e. The molecule has 4 atom stereocenters. The predicted octanol–water partition coefficient (Wildman–Crippen LogP) is 3.68. The fraction of sp³-hybridized carbons (Fsp3) is 1.00. The highest BCUT2D eigenvalue weighted by molar-refractivity contribution is 5.01. The highest BCUT2D eigenvalue weighted by Gasteiger charge is 2.50. The molecule has 3 aliphatic rings. The lowest BCUT2D eigenvalue weighted by molar-refractivity contribution is -0.203. The van der Waals surface area contributed by atoms with Crippen molar-refractivity contribution in [2.24, 2.45) is 11.8 Å². The molecule has 1 N–H and O–H groups in total. The first-order valence-corrected chi connectivity index (χ1v) is 9.05. The SMILES string of the molecule is CCOC1(C(O)C2CCOC3(CCC3)C2)CCCC(C)C1. The van der Waals surface area contributed by atoms with Crippen molar-refractivity contribution in [2.75, 3.05) is 13.2 Å². The third-order valence-electron chi connectivity index (χ3n) is 6.20. The summed E-state index contributed by atoms with van der Waals surface area (Å²) in [4.78, 5) is 0. The fourth-order valence-electron chi connectivity index (χ4n) is 5.00. The second-order valence-corrected chi connectivity index (χ2v) is 7.78. The summed E-state index contributed by atoms with van der Waals surface area (Å²) in [6.07, 6.45) is 9.89. The third kappa shape index (κ3) is 3.02. The summed E-state index contributed by atoms with van der Waals surface area (Å²) in [7, 11) is 0. The van der Waals surface area contributed by atoms with Gasteiger partial charge in [-0.05, 0) is 63.7 Å². The van der Waals surface area contributed by atoms with Crippen molar-refractivity contribution in [3.05, 3.63) is 0 Å². The Bertz CT molecular complexity index is 348. The molecule has 21 heavy (non-hydrogen) atoms. The van der Waals surface area contributed by atoms with Gasteiger partial charge in [-0.25, -0.2) is 0 Å². The van der Waals surface area contributed by atoms with E-state index < -0.39 is 0 Å². The monoisotopic (exact) mass is 296 g/mol. The molecule has 3 rings (SSSR count). The number of ether oxygens (including phenoxy) is 2. The molecule has 1 saturated heterocycles. The summed E-state index contributed by atoms with van der Waals surface area (Å²) < 4.78 is 12.2. The van der Waals surface area contributed by atoms with Gasteiger partial charge >= 0.3 is 0 Å². The summed E-state index contributed by atoms with van der Waals surface area (Å²) >= 11 is 0. The molecule has 3 heteroatoms. The Kier molecular flexibility index (Phi) is 4.63. The zero-order valence-corrected chi connectivity index (χ0v) is 13.8. The van der Waals surface area contributed by atoms with Gasteiger partial charge in [0.15, 0.2) is 0 Å². The Morgan fingerprint density at radius 3 is 2.62 bits per heavy atom. The van der Waals surface area contributed by atoms with Crippen LogP contribution < -0.4 is 0 Å². The van der Waals surface area contributed by atoms with E-state index in [1.54, 1.807) is 0 Å². The van der Waals surface area contributed by atoms with Crippen molar-refractivity contribution in [1.29, 1.82) is 0 Å². The number of rotatable bonds is 4. The lowest BCUT2D eigenvalue weighted by atomic mass is 9.66. The van der Waals surface area contributed by atoms with E-state index in [1.807, 2.05) is 0 Å². The Morgan fingerprint density at radius 2 is 2.00 bits per heavy atom. The lowest BCUT2D eigenvalue weighted by Crippen LogP contribution is -2.56. The lowest BCUT2D eigenvalue weighted by Gasteiger charge is -2.52. The van der Waals surface area contributed by atoms with Crippen LogP contribution in [0, 0.1) is 11.8 Å². The van der Waals surface area contributed by atoms with Crippen LogP contribution in [0.25, 0.3) is 0 Å². The maximum absolute atomic E-state index is 11.2. The van der Waals surface area contributed by atoms with Crippen molar-refractivity contribution in [3.63, 3.8) is 0 Å². The van der Waals surface area contributed by atoms with Crippen LogP contribution >= 0.6 is 0 Å². The van der Waals surface area contributed by atoms with E-state index in [1.165, 1.54) is 32.1 Å². The van der Waals surface area contributed by atoms with Crippen LogP contribution in [0.5, 0.6) is 0 Å². The third-order valence-corrected chi connectivity index (χ3v) is 6.20. The van der Waals surface area contributed by atoms with Gasteiger partial charge in [0.2, 0.25) is 0 Å². The van der Waals surface area contributed by atoms with Crippen molar-refractivity contribution in [2.45, 2.75) is 88.9 Å². The van der Waals surface area contributed by atoms with Crippen LogP contribution in [0.3, 0.4) is 0 Å². The highest BCUT2D eigenvalue weighted by Crippen LogP contribution is 2.48. The number of aliphatic hydroxyl groups is 1. The molecule has 0 aromatic rings. The molecule has 0 amide bonds. The van der Waals surface area contributed by atoms with Gasteiger partial charge in [0.1, 0.15) is 0 Å². The predicted molar refractivity (Wildman–Crippen MR) is 83.3 cm³/mol. The van der Waals surface area contributed by atoms with Gasteiger partial charge in [-0.1, -0.05) is 19.8 Å². The summed E-state index contributed by atoms with van der Waals surface area (Å²) in [5, 5.41) is 11.2. The molecule has 2 saturated carbocycles. The Labute approximate surface area is 129 Å². The first-order valence-electron chi connectivity index (χ1n) is 9.05. The molecule has 1 aliphatic heterocycles. The van der Waals surface area contributed by atoms with Gasteiger partial charge in [-0.3, -0.25) is 0 Å². The average molecular weight is 296 g/mol. The summed E-state index contributed by atoms with van der Waals surface area (Å²) in [6, 6.07) is 0. The number of hydrogen-bond acceptors (Lipinski definition) is 3. The molecule has 2 aliphatic carbocycles. The van der Waals surface area contributed by atoms with Gasteiger partial charge < -0.3 is 14.6 Å². The quantitative estimate of drug-likeness (QED) is 0.860. The van der Waals surface area contributed by atoms with E-state index in [0.717, 1.165) is 32.3 Å². The molecule has 3 fully saturated rings. The van der Waals surface area contributed by atoms with Gasteiger partial charge in [-0.2, -0.15) is 0 Å². The molecule has 4 unspecified atom stereocenters. The van der Waals surface area contributed by atoms with Crippen LogP contribution in [-0.2, 0) is 9.47 Å². The van der Waals surface area contributed by atoms with E-state index >= 15 is 0 Å². The van der Waals surface area contributed by atoms with Crippen LogP contribution in [0.15, 0.2) is 0 Å². The zero-order chi connectivity index (χ0) is 14.9. The zero-order valence-electron chi connectivity index (χ0n) is 13.8. The van der Waals surface area contributed by atoms with Gasteiger partial charge in [0, 0.05) is 13.2 Å². The van der Waals surface area contributed by atoms with E-state index in [2.05, 4.69) is 13.8 Å². The molecular weight excluding hydrogens is 264 g/mol. The van der Waals surface area contributed by atoms with Crippen LogP contribution in [0.2, 0.25) is 0 Å². The fourth-order valence-corrected chi connectivity index (χ4v) is 5.00. The Hall–Kier alpha value is -0.120. The second-order valence-electron chi connectivity index (χ2n) is 7.78. The molecule has 3 nitrogen and oxygen atoms in total. The molecule has 0 aromatic heterocycles. The molecule has 1 spiro atoms. The maximum Gasteiger partial charge on any atom is 0.0945 e. The maximum atomic E-state index is 11.2. The van der Waals surface area contributed by atoms with Gasteiger partial charge in [-0.15, -0.1) is 0 Å². The minimum Gasteiger partial charge on any atom is -0.390 e. The minimum atomic E-state index is -0.318. The van der Waals surface area contributed by atoms with Crippen LogP contribution in [0.4, 0.5) is 0 Å². The molecular formula is C18H32O3. The van der Waals surface area contributed by atoms with Crippen molar-refractivity contribution in [3.8, 4) is 0 Å². The average Bonchev–Trinajstić information content (AvgIpc) is 2.45. The van der Waals surface area contributed by atoms with E-state index in [9.17, 15) is 5.11 Å². The highest BCUT2D eigenvalue weighted by atomic mass is 16.5. The second kappa shape index (κ2) is 6.17. The number of hydrogen-bond donors (Lipinski definition) is 1. The van der Waals surface area contributed by atoms with Gasteiger partial charge in [0.05, 0.1) is 17.3 Å². The van der Waals surface area contributed by atoms with E-state index in [4.69, 9.17) is 9.47 Å². The van der Waals surface area contributed by atoms with Crippen LogP contribution in [0.1, 0.15) is 71.6 Å². The topological polar surface area (TPSA) is 38.7 Å². The summed E-state index contributed by atoms with van der Waals surface area (Å²) in [5.74, 6) is 1.02. The van der Waals surface area contributed by atoms with Crippen LogP contribution in [-0.4, -0.2) is 35.6 Å². The molecule has 1 heterocycles. The molecule has 122 valence electrons. The summed E-state index contributed by atoms with van der Waals surface area (Å²) in [5.41, 5.74) is -0.184. The van der Waals surface area contributed by atoms with Gasteiger partial charge in [0.25, 0.3) is 0 Å².